The van der Waals surface area contributed by atoms with Gasteiger partial charge in [-0.3, -0.25) is 20.4 Å². The molecule has 0 bridgehead atoms. The molecule has 3 aromatic rings. The van der Waals surface area contributed by atoms with E-state index >= 15 is 0 Å². The highest BCUT2D eigenvalue weighted by Gasteiger charge is 2.08. The topological polar surface area (TPSA) is 67.4 Å². The summed E-state index contributed by atoms with van der Waals surface area (Å²) in [6.45, 7) is -0.189. The third kappa shape index (κ3) is 6.85. The van der Waals surface area contributed by atoms with Gasteiger partial charge in [0.2, 0.25) is 0 Å². The highest BCUT2D eigenvalue weighted by atomic mass is 35.5. The zero-order valence-corrected chi connectivity index (χ0v) is 17.0. The molecule has 0 unspecified atom stereocenters. The molecular formula is C22H19ClN2O3S. The maximum absolute atomic E-state index is 12.2. The van der Waals surface area contributed by atoms with E-state index in [4.69, 9.17) is 16.3 Å². The van der Waals surface area contributed by atoms with Gasteiger partial charge in [0, 0.05) is 21.2 Å². The van der Waals surface area contributed by atoms with Crippen LogP contribution >= 0.6 is 23.4 Å². The molecule has 0 atom stereocenters. The second-order valence-corrected chi connectivity index (χ2v) is 7.53. The summed E-state index contributed by atoms with van der Waals surface area (Å²) in [5.74, 6) is 0.520. The molecule has 0 heterocycles. The van der Waals surface area contributed by atoms with Crippen LogP contribution in [0.1, 0.15) is 15.9 Å². The molecule has 0 fully saturated rings. The molecule has 2 N–H and O–H groups in total. The molecule has 5 nitrogen and oxygen atoms in total. The van der Waals surface area contributed by atoms with Crippen LogP contribution < -0.4 is 15.6 Å². The van der Waals surface area contributed by atoms with Crippen LogP contribution in [0.5, 0.6) is 5.75 Å². The number of rotatable bonds is 7. The van der Waals surface area contributed by atoms with E-state index in [2.05, 4.69) is 10.9 Å². The number of hydrazine groups is 1. The van der Waals surface area contributed by atoms with E-state index in [1.165, 1.54) is 0 Å². The Morgan fingerprint density at radius 2 is 1.55 bits per heavy atom. The lowest BCUT2D eigenvalue weighted by Gasteiger charge is -2.09. The first-order valence-electron chi connectivity index (χ1n) is 8.84. The van der Waals surface area contributed by atoms with Crippen LogP contribution in [-0.4, -0.2) is 18.4 Å². The number of amides is 2. The fraction of sp³-hybridized carbons (Fsp3) is 0.0909. The van der Waals surface area contributed by atoms with Crippen molar-refractivity contribution < 1.29 is 14.3 Å². The molecular weight excluding hydrogens is 408 g/mol. The number of halogens is 1. The number of ether oxygens (including phenoxy) is 1. The van der Waals surface area contributed by atoms with Gasteiger partial charge in [-0.15, -0.1) is 11.8 Å². The smallest absolute Gasteiger partial charge is 0.276 e. The molecule has 0 aliphatic rings. The fourth-order valence-corrected chi connectivity index (χ4v) is 3.33. The highest BCUT2D eigenvalue weighted by Crippen LogP contribution is 2.24. The minimum atomic E-state index is -0.446. The SMILES string of the molecule is O=C(COc1ccccc1)NNC(=O)c1ccc(CSc2ccc(Cl)cc2)cc1. The Labute approximate surface area is 178 Å². The van der Waals surface area contributed by atoms with E-state index in [0.29, 0.717) is 16.3 Å². The fourth-order valence-electron chi connectivity index (χ4n) is 2.35. The van der Waals surface area contributed by atoms with Gasteiger partial charge in [-0.1, -0.05) is 41.9 Å². The predicted octanol–water partition coefficient (Wildman–Crippen LogP) is 4.47. The molecule has 0 aromatic heterocycles. The molecule has 3 aromatic carbocycles. The van der Waals surface area contributed by atoms with E-state index in [9.17, 15) is 9.59 Å². The maximum Gasteiger partial charge on any atom is 0.276 e. The average molecular weight is 427 g/mol. The molecule has 0 saturated carbocycles. The number of benzene rings is 3. The van der Waals surface area contributed by atoms with Crippen LogP contribution in [0.4, 0.5) is 0 Å². The second kappa shape index (κ2) is 10.5. The van der Waals surface area contributed by atoms with E-state index in [0.717, 1.165) is 16.2 Å². The summed E-state index contributed by atoms with van der Waals surface area (Å²) in [4.78, 5) is 25.1. The Hall–Kier alpha value is -2.96. The summed E-state index contributed by atoms with van der Waals surface area (Å²) in [5.41, 5.74) is 6.26. The normalized spacial score (nSPS) is 10.2. The van der Waals surface area contributed by atoms with Crippen molar-refractivity contribution in [2.24, 2.45) is 0 Å². The van der Waals surface area contributed by atoms with E-state index in [1.54, 1.807) is 36.0 Å². The highest BCUT2D eigenvalue weighted by molar-refractivity contribution is 7.98. The summed E-state index contributed by atoms with van der Waals surface area (Å²) in [7, 11) is 0. The molecule has 7 heteroatoms. The first-order chi connectivity index (χ1) is 14.1. The largest absolute Gasteiger partial charge is 0.484 e. The molecule has 0 aliphatic carbocycles. The van der Waals surface area contributed by atoms with Gasteiger partial charge in [-0.05, 0) is 54.1 Å². The number of nitrogens with one attached hydrogen (secondary N) is 2. The number of hydrogen-bond acceptors (Lipinski definition) is 4. The van der Waals surface area contributed by atoms with Crippen molar-refractivity contribution >= 4 is 35.2 Å². The zero-order chi connectivity index (χ0) is 20.5. The summed E-state index contributed by atoms with van der Waals surface area (Å²) < 4.78 is 5.32. The number of carbonyl (C=O) groups is 2. The molecule has 29 heavy (non-hydrogen) atoms. The quantitative estimate of drug-likeness (QED) is 0.432. The summed E-state index contributed by atoms with van der Waals surface area (Å²) in [5, 5.41) is 0.712. The Kier molecular flexibility index (Phi) is 7.55. The van der Waals surface area contributed by atoms with E-state index in [1.807, 2.05) is 54.6 Å². The first-order valence-corrected chi connectivity index (χ1v) is 10.2. The van der Waals surface area contributed by atoms with Crippen molar-refractivity contribution in [2.75, 3.05) is 6.61 Å². The van der Waals surface area contributed by atoms with Crippen molar-refractivity contribution in [1.82, 2.24) is 10.9 Å². The van der Waals surface area contributed by atoms with Gasteiger partial charge in [-0.2, -0.15) is 0 Å². The average Bonchev–Trinajstić information content (AvgIpc) is 2.76. The van der Waals surface area contributed by atoms with Crippen LogP contribution in [0.25, 0.3) is 0 Å². The number of hydrogen-bond donors (Lipinski definition) is 2. The Bertz CT molecular complexity index is 948. The molecule has 148 valence electrons. The van der Waals surface area contributed by atoms with Crippen LogP contribution in [-0.2, 0) is 10.5 Å². The molecule has 0 saturated heterocycles. The minimum absolute atomic E-state index is 0.189. The van der Waals surface area contributed by atoms with E-state index < -0.39 is 11.8 Å². The lowest BCUT2D eigenvalue weighted by molar-refractivity contribution is -0.123. The molecule has 0 aliphatic heterocycles. The van der Waals surface area contributed by atoms with Gasteiger partial charge in [0.15, 0.2) is 6.61 Å². The van der Waals surface area contributed by atoms with E-state index in [-0.39, 0.29) is 6.61 Å². The monoisotopic (exact) mass is 426 g/mol. The zero-order valence-electron chi connectivity index (χ0n) is 15.4. The predicted molar refractivity (Wildman–Crippen MR) is 115 cm³/mol. The third-order valence-corrected chi connectivity index (χ3v) is 5.20. The van der Waals surface area contributed by atoms with Gasteiger partial charge in [0.1, 0.15) is 5.75 Å². The Balaban J connectivity index is 1.42. The molecule has 0 spiro atoms. The van der Waals surface area contributed by atoms with Crippen molar-refractivity contribution in [2.45, 2.75) is 10.6 Å². The van der Waals surface area contributed by atoms with Gasteiger partial charge < -0.3 is 4.74 Å². The van der Waals surface area contributed by atoms with Crippen LogP contribution in [0, 0.1) is 0 Å². The van der Waals surface area contributed by atoms with Gasteiger partial charge in [0.25, 0.3) is 11.8 Å². The first kappa shape index (κ1) is 20.8. The number of carbonyl (C=O) groups excluding carboxylic acids is 2. The summed E-state index contributed by atoms with van der Waals surface area (Å²) >= 11 is 7.57. The maximum atomic E-state index is 12.2. The molecule has 2 amide bonds. The molecule has 0 radical (unpaired) electrons. The number of para-hydroxylation sites is 1. The Morgan fingerprint density at radius 3 is 2.24 bits per heavy atom. The van der Waals surface area contributed by atoms with Crippen LogP contribution in [0.15, 0.2) is 83.8 Å². The van der Waals surface area contributed by atoms with Gasteiger partial charge in [0.05, 0.1) is 0 Å². The van der Waals surface area contributed by atoms with Crippen molar-refractivity contribution in [1.29, 1.82) is 0 Å². The van der Waals surface area contributed by atoms with Crippen molar-refractivity contribution in [3.8, 4) is 5.75 Å². The molecule has 3 rings (SSSR count). The standard InChI is InChI=1S/C22H19ClN2O3S/c23-18-10-12-20(13-11-18)29-15-16-6-8-17(9-7-16)22(27)25-24-21(26)14-28-19-4-2-1-3-5-19/h1-13H,14-15H2,(H,24,26)(H,25,27). The van der Waals surface area contributed by atoms with Gasteiger partial charge in [-0.25, -0.2) is 0 Å². The minimum Gasteiger partial charge on any atom is -0.484 e. The van der Waals surface area contributed by atoms with Crippen LogP contribution in [0.2, 0.25) is 5.02 Å². The summed E-state index contributed by atoms with van der Waals surface area (Å²) in [6, 6.07) is 23.9. The lowest BCUT2D eigenvalue weighted by Crippen LogP contribution is -2.43. The summed E-state index contributed by atoms with van der Waals surface area (Å²) in [6.07, 6.45) is 0. The Morgan fingerprint density at radius 1 is 0.862 bits per heavy atom. The third-order valence-electron chi connectivity index (χ3n) is 3.86. The second-order valence-electron chi connectivity index (χ2n) is 6.04. The number of thioether (sulfide) groups is 1. The van der Waals surface area contributed by atoms with Crippen molar-refractivity contribution in [3.63, 3.8) is 0 Å². The van der Waals surface area contributed by atoms with Crippen LogP contribution in [0.3, 0.4) is 0 Å². The lowest BCUT2D eigenvalue weighted by atomic mass is 10.1. The van der Waals surface area contributed by atoms with Gasteiger partial charge >= 0.3 is 0 Å². The van der Waals surface area contributed by atoms with Crippen molar-refractivity contribution in [3.05, 3.63) is 95.0 Å².